The van der Waals surface area contributed by atoms with Gasteiger partial charge < -0.3 is 14.8 Å². The van der Waals surface area contributed by atoms with Gasteiger partial charge in [0.1, 0.15) is 0 Å². The molecule has 130 valence electrons. The van der Waals surface area contributed by atoms with Crippen LogP contribution in [0.4, 0.5) is 0 Å². The standard InChI is InChI=1S/C19H31NO3/c1-6-22-17-12-11-16(13-18(17)23-7-2)19(21)20-15(5)10-8-9-14(3)4/h11-15H,6-10H2,1-5H3,(H,20,21). The topological polar surface area (TPSA) is 47.6 Å². The molecule has 0 bridgehead atoms. The smallest absolute Gasteiger partial charge is 0.251 e. The Morgan fingerprint density at radius 1 is 1.04 bits per heavy atom. The van der Waals surface area contributed by atoms with Gasteiger partial charge in [-0.15, -0.1) is 0 Å². The Morgan fingerprint density at radius 2 is 1.70 bits per heavy atom. The van der Waals surface area contributed by atoms with E-state index in [4.69, 9.17) is 9.47 Å². The molecule has 1 aromatic carbocycles. The van der Waals surface area contributed by atoms with Gasteiger partial charge in [0.15, 0.2) is 11.5 Å². The molecule has 0 heterocycles. The Hall–Kier alpha value is -1.71. The van der Waals surface area contributed by atoms with Crippen molar-refractivity contribution in [3.63, 3.8) is 0 Å². The maximum absolute atomic E-state index is 12.4. The minimum absolute atomic E-state index is 0.0638. The summed E-state index contributed by atoms with van der Waals surface area (Å²) in [4.78, 5) is 12.4. The molecule has 1 aromatic rings. The highest BCUT2D eigenvalue weighted by Crippen LogP contribution is 2.28. The molecule has 23 heavy (non-hydrogen) atoms. The maximum atomic E-state index is 12.4. The Bertz CT molecular complexity index is 486. The van der Waals surface area contributed by atoms with E-state index in [-0.39, 0.29) is 11.9 Å². The Morgan fingerprint density at radius 3 is 2.30 bits per heavy atom. The molecule has 0 aliphatic rings. The number of benzene rings is 1. The van der Waals surface area contributed by atoms with Crippen LogP contribution in [0.3, 0.4) is 0 Å². The first-order chi connectivity index (χ1) is 11.0. The number of rotatable bonds is 10. The second kappa shape index (κ2) is 10.1. The summed E-state index contributed by atoms with van der Waals surface area (Å²) >= 11 is 0. The van der Waals surface area contributed by atoms with Gasteiger partial charge in [-0.1, -0.05) is 26.7 Å². The first kappa shape index (κ1) is 19.3. The fourth-order valence-corrected chi connectivity index (χ4v) is 2.40. The van der Waals surface area contributed by atoms with Crippen LogP contribution in [0, 0.1) is 5.92 Å². The molecule has 4 nitrogen and oxygen atoms in total. The lowest BCUT2D eigenvalue weighted by Crippen LogP contribution is -2.32. The van der Waals surface area contributed by atoms with Crippen LogP contribution in [-0.4, -0.2) is 25.2 Å². The highest BCUT2D eigenvalue weighted by Gasteiger charge is 2.13. The third-order valence-electron chi connectivity index (χ3n) is 3.60. The molecule has 0 radical (unpaired) electrons. The van der Waals surface area contributed by atoms with E-state index in [0.717, 1.165) is 12.8 Å². The lowest BCUT2D eigenvalue weighted by atomic mass is 10.0. The molecule has 0 aliphatic carbocycles. The minimum atomic E-state index is -0.0638. The maximum Gasteiger partial charge on any atom is 0.251 e. The monoisotopic (exact) mass is 321 g/mol. The summed E-state index contributed by atoms with van der Waals surface area (Å²) in [6.07, 6.45) is 3.32. The van der Waals surface area contributed by atoms with Crippen molar-refractivity contribution in [2.24, 2.45) is 5.92 Å². The number of ether oxygens (including phenoxy) is 2. The molecular formula is C19H31NO3. The van der Waals surface area contributed by atoms with E-state index in [1.165, 1.54) is 6.42 Å². The van der Waals surface area contributed by atoms with Crippen LogP contribution in [-0.2, 0) is 0 Å². The Kier molecular flexibility index (Phi) is 8.52. The van der Waals surface area contributed by atoms with Crippen molar-refractivity contribution < 1.29 is 14.3 Å². The molecule has 0 spiro atoms. The zero-order valence-corrected chi connectivity index (χ0v) is 15.1. The summed E-state index contributed by atoms with van der Waals surface area (Å²) in [6, 6.07) is 5.50. The molecule has 0 aliphatic heterocycles. The summed E-state index contributed by atoms with van der Waals surface area (Å²) < 4.78 is 11.1. The molecule has 1 rings (SSSR count). The number of amides is 1. The number of hydrogen-bond donors (Lipinski definition) is 1. The van der Waals surface area contributed by atoms with Crippen LogP contribution in [0.25, 0.3) is 0 Å². The fraction of sp³-hybridized carbons (Fsp3) is 0.632. The van der Waals surface area contributed by atoms with Crippen molar-refractivity contribution in [2.75, 3.05) is 13.2 Å². The molecular weight excluding hydrogens is 290 g/mol. The second-order valence-electron chi connectivity index (χ2n) is 6.23. The van der Waals surface area contributed by atoms with Gasteiger partial charge in [0.25, 0.3) is 5.91 Å². The van der Waals surface area contributed by atoms with Gasteiger partial charge in [-0.25, -0.2) is 0 Å². The predicted molar refractivity (Wildman–Crippen MR) is 94.4 cm³/mol. The van der Waals surface area contributed by atoms with Crippen molar-refractivity contribution >= 4 is 5.91 Å². The van der Waals surface area contributed by atoms with E-state index in [1.807, 2.05) is 13.8 Å². The molecule has 0 fully saturated rings. The van der Waals surface area contributed by atoms with Crippen molar-refractivity contribution in [3.8, 4) is 11.5 Å². The lowest BCUT2D eigenvalue weighted by molar-refractivity contribution is 0.0937. The summed E-state index contributed by atoms with van der Waals surface area (Å²) in [5.74, 6) is 1.94. The van der Waals surface area contributed by atoms with Gasteiger partial charge in [-0.3, -0.25) is 4.79 Å². The quantitative estimate of drug-likeness (QED) is 0.693. The van der Waals surface area contributed by atoms with Gasteiger partial charge in [-0.2, -0.15) is 0 Å². The first-order valence-electron chi connectivity index (χ1n) is 8.68. The average Bonchev–Trinajstić information content (AvgIpc) is 2.49. The number of hydrogen-bond acceptors (Lipinski definition) is 3. The zero-order valence-electron chi connectivity index (χ0n) is 15.1. The van der Waals surface area contributed by atoms with Crippen LogP contribution < -0.4 is 14.8 Å². The number of carbonyl (C=O) groups is 1. The van der Waals surface area contributed by atoms with E-state index in [1.54, 1.807) is 18.2 Å². The van der Waals surface area contributed by atoms with Crippen LogP contribution in [0.15, 0.2) is 18.2 Å². The van der Waals surface area contributed by atoms with Crippen LogP contribution in [0.5, 0.6) is 11.5 Å². The largest absolute Gasteiger partial charge is 0.490 e. The minimum Gasteiger partial charge on any atom is -0.490 e. The summed E-state index contributed by atoms with van der Waals surface area (Å²) in [5, 5.41) is 3.06. The van der Waals surface area contributed by atoms with E-state index in [0.29, 0.717) is 36.2 Å². The van der Waals surface area contributed by atoms with Crippen molar-refractivity contribution in [1.29, 1.82) is 0 Å². The van der Waals surface area contributed by atoms with Gasteiger partial charge in [0.2, 0.25) is 0 Å². The van der Waals surface area contributed by atoms with Crippen LogP contribution in [0.1, 0.15) is 64.2 Å². The van der Waals surface area contributed by atoms with E-state index in [9.17, 15) is 4.79 Å². The van der Waals surface area contributed by atoms with Gasteiger partial charge in [-0.05, 0) is 51.3 Å². The molecule has 0 aromatic heterocycles. The second-order valence-corrected chi connectivity index (χ2v) is 6.23. The van der Waals surface area contributed by atoms with Crippen molar-refractivity contribution in [2.45, 2.75) is 59.9 Å². The fourth-order valence-electron chi connectivity index (χ4n) is 2.40. The first-order valence-corrected chi connectivity index (χ1v) is 8.68. The third kappa shape index (κ3) is 6.93. The van der Waals surface area contributed by atoms with Crippen LogP contribution >= 0.6 is 0 Å². The van der Waals surface area contributed by atoms with Gasteiger partial charge in [0, 0.05) is 11.6 Å². The Balaban J connectivity index is 2.66. The summed E-state index contributed by atoms with van der Waals surface area (Å²) in [7, 11) is 0. The van der Waals surface area contributed by atoms with Crippen molar-refractivity contribution in [1.82, 2.24) is 5.32 Å². The van der Waals surface area contributed by atoms with E-state index in [2.05, 4.69) is 26.1 Å². The normalized spacial score (nSPS) is 12.1. The zero-order chi connectivity index (χ0) is 17.2. The van der Waals surface area contributed by atoms with Gasteiger partial charge >= 0.3 is 0 Å². The van der Waals surface area contributed by atoms with E-state index < -0.39 is 0 Å². The summed E-state index contributed by atoms with van der Waals surface area (Å²) in [5.41, 5.74) is 0.604. The molecule has 1 N–H and O–H groups in total. The summed E-state index contributed by atoms with van der Waals surface area (Å²) in [6.45, 7) is 11.4. The average molecular weight is 321 g/mol. The predicted octanol–water partition coefficient (Wildman–Crippen LogP) is 4.43. The molecule has 0 saturated carbocycles. The SMILES string of the molecule is CCOc1ccc(C(=O)NC(C)CCCC(C)C)cc1OCC. The molecule has 1 atom stereocenters. The number of nitrogens with one attached hydrogen (secondary N) is 1. The Labute approximate surface area is 140 Å². The lowest BCUT2D eigenvalue weighted by Gasteiger charge is -2.16. The number of carbonyl (C=O) groups excluding carboxylic acids is 1. The van der Waals surface area contributed by atoms with Gasteiger partial charge in [0.05, 0.1) is 13.2 Å². The highest BCUT2D eigenvalue weighted by molar-refractivity contribution is 5.95. The van der Waals surface area contributed by atoms with Crippen molar-refractivity contribution in [3.05, 3.63) is 23.8 Å². The molecule has 1 amide bonds. The van der Waals surface area contributed by atoms with E-state index >= 15 is 0 Å². The molecule has 0 saturated heterocycles. The highest BCUT2D eigenvalue weighted by atomic mass is 16.5. The van der Waals surface area contributed by atoms with Crippen LogP contribution in [0.2, 0.25) is 0 Å². The molecule has 4 heteroatoms. The molecule has 1 unspecified atom stereocenters. The third-order valence-corrected chi connectivity index (χ3v) is 3.60.